The number of hydrogen-bond donors (Lipinski definition) is 1. The molecule has 1 aromatic heterocycles. The van der Waals surface area contributed by atoms with E-state index in [1.807, 2.05) is 41.8 Å². The molecule has 0 radical (unpaired) electrons. The molecular weight excluding hydrogens is 522 g/mol. The van der Waals surface area contributed by atoms with E-state index in [9.17, 15) is 9.59 Å². The summed E-state index contributed by atoms with van der Waals surface area (Å²) in [6.07, 6.45) is 0. The van der Waals surface area contributed by atoms with Gasteiger partial charge in [-0.25, -0.2) is 4.79 Å². The van der Waals surface area contributed by atoms with Crippen LogP contribution in [0.3, 0.4) is 0 Å². The van der Waals surface area contributed by atoms with Crippen LogP contribution in [-0.4, -0.2) is 25.1 Å². The van der Waals surface area contributed by atoms with Crippen molar-refractivity contribution in [1.82, 2.24) is 0 Å². The normalized spacial score (nSPS) is 10.4. The Morgan fingerprint density at radius 2 is 1.83 bits per heavy atom. The first kappa shape index (κ1) is 21.5. The van der Waals surface area contributed by atoms with E-state index in [0.29, 0.717) is 21.9 Å². The third-order valence-corrected chi connectivity index (χ3v) is 5.76. The number of benzene rings is 2. The molecule has 1 amide bonds. The Balaban J connectivity index is 1.79. The van der Waals surface area contributed by atoms with Crippen LogP contribution in [0.5, 0.6) is 5.75 Å². The summed E-state index contributed by atoms with van der Waals surface area (Å²) >= 11 is 8.04. The summed E-state index contributed by atoms with van der Waals surface area (Å²) < 4.78 is 12.5. The summed E-state index contributed by atoms with van der Waals surface area (Å²) in [5, 5.41) is 5.04. The number of carbonyl (C=O) groups is 2. The van der Waals surface area contributed by atoms with Crippen molar-refractivity contribution in [2.45, 2.75) is 6.92 Å². The largest absolute Gasteiger partial charge is 0.484 e. The van der Waals surface area contributed by atoms with E-state index in [-0.39, 0.29) is 19.1 Å². The lowest BCUT2D eigenvalue weighted by Gasteiger charge is -2.10. The number of hydrogen-bond acceptors (Lipinski definition) is 5. The van der Waals surface area contributed by atoms with E-state index in [2.05, 4.69) is 37.2 Å². The summed E-state index contributed by atoms with van der Waals surface area (Å²) in [5.74, 6) is -0.267. The molecule has 0 aliphatic heterocycles. The monoisotopic (exact) mass is 537 g/mol. The van der Waals surface area contributed by atoms with E-state index in [1.54, 1.807) is 19.1 Å². The molecule has 0 saturated heterocycles. The highest BCUT2D eigenvalue weighted by Crippen LogP contribution is 2.36. The van der Waals surface area contributed by atoms with Gasteiger partial charge in [0.2, 0.25) is 0 Å². The van der Waals surface area contributed by atoms with E-state index in [1.165, 1.54) is 11.3 Å². The summed E-state index contributed by atoms with van der Waals surface area (Å²) in [6.45, 7) is 1.81. The summed E-state index contributed by atoms with van der Waals surface area (Å²) in [6, 6.07) is 14.8. The number of amides is 1. The smallest absolute Gasteiger partial charge is 0.341 e. The Morgan fingerprint density at radius 3 is 2.52 bits per heavy atom. The molecule has 29 heavy (non-hydrogen) atoms. The fraction of sp³-hybridized carbons (Fsp3) is 0.143. The molecule has 0 atom stereocenters. The molecule has 0 bridgehead atoms. The van der Waals surface area contributed by atoms with Gasteiger partial charge in [-0.1, -0.05) is 50.1 Å². The SMILES string of the molecule is CCOC(=O)c1c(-c2ccc(Br)cc2)csc1NC(=O)COc1cccc(Br)c1. The molecule has 0 fully saturated rings. The van der Waals surface area contributed by atoms with Crippen LogP contribution in [0.25, 0.3) is 11.1 Å². The molecule has 150 valence electrons. The summed E-state index contributed by atoms with van der Waals surface area (Å²) in [7, 11) is 0. The molecule has 5 nitrogen and oxygen atoms in total. The third kappa shape index (κ3) is 5.68. The lowest BCUT2D eigenvalue weighted by molar-refractivity contribution is -0.118. The highest BCUT2D eigenvalue weighted by molar-refractivity contribution is 9.10. The van der Waals surface area contributed by atoms with Gasteiger partial charge in [-0.15, -0.1) is 11.3 Å². The quantitative estimate of drug-likeness (QED) is 0.367. The maximum absolute atomic E-state index is 12.6. The topological polar surface area (TPSA) is 64.6 Å². The molecule has 1 heterocycles. The number of rotatable bonds is 7. The number of carbonyl (C=O) groups excluding carboxylic acids is 2. The second kappa shape index (κ2) is 10.0. The molecule has 0 unspecified atom stereocenters. The first-order valence-corrected chi connectivity index (χ1v) is 11.2. The zero-order chi connectivity index (χ0) is 20.8. The van der Waals surface area contributed by atoms with Gasteiger partial charge in [-0.05, 0) is 42.8 Å². The number of esters is 1. The van der Waals surface area contributed by atoms with Crippen LogP contribution in [-0.2, 0) is 9.53 Å². The van der Waals surface area contributed by atoms with Gasteiger partial charge in [0.25, 0.3) is 5.91 Å². The second-order valence-corrected chi connectivity index (χ2v) is 8.59. The van der Waals surface area contributed by atoms with Gasteiger partial charge in [0.15, 0.2) is 6.61 Å². The zero-order valence-corrected chi connectivity index (χ0v) is 19.4. The molecule has 3 aromatic rings. The molecule has 3 rings (SSSR count). The Hall–Kier alpha value is -2.16. The van der Waals surface area contributed by atoms with Gasteiger partial charge in [-0.3, -0.25) is 4.79 Å². The van der Waals surface area contributed by atoms with Crippen LogP contribution in [0, 0.1) is 0 Å². The van der Waals surface area contributed by atoms with Gasteiger partial charge in [-0.2, -0.15) is 0 Å². The molecule has 0 aliphatic rings. The van der Waals surface area contributed by atoms with Gasteiger partial charge >= 0.3 is 5.97 Å². The molecule has 2 aromatic carbocycles. The minimum atomic E-state index is -0.477. The lowest BCUT2D eigenvalue weighted by atomic mass is 10.0. The molecule has 0 saturated carbocycles. The average molecular weight is 539 g/mol. The van der Waals surface area contributed by atoms with Crippen molar-refractivity contribution in [3.63, 3.8) is 0 Å². The van der Waals surface area contributed by atoms with Gasteiger partial charge in [0, 0.05) is 19.9 Å². The highest BCUT2D eigenvalue weighted by atomic mass is 79.9. The fourth-order valence-corrected chi connectivity index (χ4v) is 4.18. The minimum absolute atomic E-state index is 0.176. The first-order chi connectivity index (χ1) is 14.0. The van der Waals surface area contributed by atoms with E-state index in [4.69, 9.17) is 9.47 Å². The predicted octanol–water partition coefficient (Wildman–Crippen LogP) is 6.13. The van der Waals surface area contributed by atoms with E-state index in [0.717, 1.165) is 14.5 Å². The van der Waals surface area contributed by atoms with E-state index >= 15 is 0 Å². The van der Waals surface area contributed by atoms with Crippen LogP contribution < -0.4 is 10.1 Å². The Kier molecular flexibility index (Phi) is 7.46. The van der Waals surface area contributed by atoms with Crippen molar-refractivity contribution in [2.75, 3.05) is 18.5 Å². The zero-order valence-electron chi connectivity index (χ0n) is 15.4. The van der Waals surface area contributed by atoms with Crippen LogP contribution in [0.4, 0.5) is 5.00 Å². The molecule has 0 aliphatic carbocycles. The lowest BCUT2D eigenvalue weighted by Crippen LogP contribution is -2.21. The van der Waals surface area contributed by atoms with Crippen LogP contribution in [0.2, 0.25) is 0 Å². The Labute approximate surface area is 189 Å². The number of ether oxygens (including phenoxy) is 2. The third-order valence-electron chi connectivity index (χ3n) is 3.84. The Bertz CT molecular complexity index is 1020. The molecular formula is C21H17Br2NO4S. The number of halogens is 2. The maximum Gasteiger partial charge on any atom is 0.341 e. The van der Waals surface area contributed by atoms with Gasteiger partial charge in [0.05, 0.1) is 6.61 Å². The molecule has 1 N–H and O–H groups in total. The number of thiophene rings is 1. The molecule has 8 heteroatoms. The predicted molar refractivity (Wildman–Crippen MR) is 122 cm³/mol. The number of anilines is 1. The van der Waals surface area contributed by atoms with Crippen LogP contribution in [0.1, 0.15) is 17.3 Å². The molecule has 0 spiro atoms. The van der Waals surface area contributed by atoms with Crippen molar-refractivity contribution in [2.24, 2.45) is 0 Å². The average Bonchev–Trinajstić information content (AvgIpc) is 3.11. The minimum Gasteiger partial charge on any atom is -0.484 e. The standard InChI is InChI=1S/C21H17Br2NO4S/c1-2-27-21(26)19-17(13-6-8-14(22)9-7-13)12-29-20(19)24-18(25)11-28-16-5-3-4-15(23)10-16/h3-10,12H,2,11H2,1H3,(H,24,25). The van der Waals surface area contributed by atoms with Crippen molar-refractivity contribution < 1.29 is 19.1 Å². The fourth-order valence-electron chi connectivity index (χ4n) is 2.57. The summed E-state index contributed by atoms with van der Waals surface area (Å²) in [4.78, 5) is 25.0. The van der Waals surface area contributed by atoms with E-state index < -0.39 is 5.97 Å². The van der Waals surface area contributed by atoms with Crippen molar-refractivity contribution >= 4 is 60.1 Å². The number of nitrogens with one attached hydrogen (secondary N) is 1. The second-order valence-electron chi connectivity index (χ2n) is 5.88. The van der Waals surface area contributed by atoms with Crippen molar-refractivity contribution in [1.29, 1.82) is 0 Å². The maximum atomic E-state index is 12.6. The van der Waals surface area contributed by atoms with Crippen LogP contribution in [0.15, 0.2) is 62.9 Å². The Morgan fingerprint density at radius 1 is 1.07 bits per heavy atom. The summed E-state index contributed by atoms with van der Waals surface area (Å²) in [5.41, 5.74) is 1.91. The van der Waals surface area contributed by atoms with Crippen molar-refractivity contribution in [3.8, 4) is 16.9 Å². The first-order valence-electron chi connectivity index (χ1n) is 8.70. The van der Waals surface area contributed by atoms with Gasteiger partial charge in [0.1, 0.15) is 16.3 Å². The highest BCUT2D eigenvalue weighted by Gasteiger charge is 2.23. The van der Waals surface area contributed by atoms with Crippen LogP contribution >= 0.6 is 43.2 Å². The van der Waals surface area contributed by atoms with Gasteiger partial charge < -0.3 is 14.8 Å². The van der Waals surface area contributed by atoms with Crippen molar-refractivity contribution in [3.05, 3.63) is 68.4 Å².